The molecule has 6 heteroatoms. The number of benzene rings is 2. The van der Waals surface area contributed by atoms with Crippen LogP contribution in [0.2, 0.25) is 0 Å². The van der Waals surface area contributed by atoms with Gasteiger partial charge in [-0.15, -0.1) is 0 Å². The van der Waals surface area contributed by atoms with Crippen molar-refractivity contribution in [2.45, 2.75) is 6.61 Å². The zero-order valence-corrected chi connectivity index (χ0v) is 14.1. The van der Waals surface area contributed by atoms with Crippen molar-refractivity contribution in [3.63, 3.8) is 0 Å². The maximum Gasteiger partial charge on any atom is 0.293 e. The van der Waals surface area contributed by atoms with Gasteiger partial charge in [0.05, 0.1) is 12.0 Å². The molecule has 0 bridgehead atoms. The monoisotopic (exact) mass is 352 g/mol. The highest BCUT2D eigenvalue weighted by atomic mass is 32.1. The molecule has 0 aliphatic rings. The number of hydrogen-bond donors (Lipinski definition) is 2. The molecule has 0 spiro atoms. The van der Waals surface area contributed by atoms with Gasteiger partial charge < -0.3 is 14.5 Å². The smallest absolute Gasteiger partial charge is 0.293 e. The minimum absolute atomic E-state index is 0.164. The average Bonchev–Trinajstić information content (AvgIpc) is 3.17. The number of anilines is 1. The van der Waals surface area contributed by atoms with Gasteiger partial charge in [0.1, 0.15) is 12.4 Å². The lowest BCUT2D eigenvalue weighted by molar-refractivity contribution is 0.0950. The molecule has 0 aliphatic carbocycles. The van der Waals surface area contributed by atoms with Gasteiger partial charge >= 0.3 is 0 Å². The Bertz CT molecular complexity index is 848. The average molecular weight is 352 g/mol. The number of amides is 1. The van der Waals surface area contributed by atoms with Crippen LogP contribution in [0, 0.1) is 0 Å². The number of furan rings is 1. The third-order valence-electron chi connectivity index (χ3n) is 3.34. The molecule has 3 rings (SSSR count). The number of para-hydroxylation sites is 2. The zero-order valence-electron chi connectivity index (χ0n) is 13.3. The molecule has 0 saturated carbocycles. The molecule has 5 nitrogen and oxygen atoms in total. The second-order valence-electron chi connectivity index (χ2n) is 5.16. The van der Waals surface area contributed by atoms with Crippen LogP contribution in [0.1, 0.15) is 16.1 Å². The summed E-state index contributed by atoms with van der Waals surface area (Å²) < 4.78 is 10.9. The molecular formula is C19H16N2O3S. The van der Waals surface area contributed by atoms with E-state index in [4.69, 9.17) is 21.4 Å². The lowest BCUT2D eigenvalue weighted by Gasteiger charge is -2.14. The largest absolute Gasteiger partial charge is 0.487 e. The minimum atomic E-state index is -0.412. The number of carbonyl (C=O) groups excluding carboxylic acids is 1. The van der Waals surface area contributed by atoms with E-state index in [1.54, 1.807) is 12.1 Å². The standard InChI is InChI=1S/C19H16N2O3S/c22-18(17-11-6-12-23-17)21-19(25)20-15-9-4-5-10-16(15)24-13-14-7-2-1-3-8-14/h1-12H,13H2,(H2,20,21,22,25). The van der Waals surface area contributed by atoms with Crippen LogP contribution in [-0.2, 0) is 6.61 Å². The third-order valence-corrected chi connectivity index (χ3v) is 3.55. The van der Waals surface area contributed by atoms with Crippen molar-refractivity contribution in [3.8, 4) is 5.75 Å². The SMILES string of the molecule is O=C(NC(=S)Nc1ccccc1OCc1ccccc1)c1ccco1. The van der Waals surface area contributed by atoms with Crippen LogP contribution in [0.15, 0.2) is 77.4 Å². The first-order valence-corrected chi connectivity index (χ1v) is 8.05. The second-order valence-corrected chi connectivity index (χ2v) is 5.56. The van der Waals surface area contributed by atoms with E-state index in [0.717, 1.165) is 5.56 Å². The van der Waals surface area contributed by atoms with Gasteiger partial charge in [0.25, 0.3) is 5.91 Å². The van der Waals surface area contributed by atoms with Crippen molar-refractivity contribution in [2.75, 3.05) is 5.32 Å². The first-order valence-electron chi connectivity index (χ1n) is 7.64. The number of hydrogen-bond acceptors (Lipinski definition) is 4. The van der Waals surface area contributed by atoms with Gasteiger partial charge in [0.15, 0.2) is 10.9 Å². The Morgan fingerprint density at radius 2 is 1.76 bits per heavy atom. The summed E-state index contributed by atoms with van der Waals surface area (Å²) in [4.78, 5) is 11.9. The molecule has 126 valence electrons. The molecule has 25 heavy (non-hydrogen) atoms. The van der Waals surface area contributed by atoms with Crippen molar-refractivity contribution in [1.82, 2.24) is 5.32 Å². The van der Waals surface area contributed by atoms with Crippen LogP contribution >= 0.6 is 12.2 Å². The number of thiocarbonyl (C=S) groups is 1. The fourth-order valence-corrected chi connectivity index (χ4v) is 2.36. The molecule has 1 amide bonds. The van der Waals surface area contributed by atoms with Crippen molar-refractivity contribution in [1.29, 1.82) is 0 Å². The molecule has 2 N–H and O–H groups in total. The van der Waals surface area contributed by atoms with Crippen molar-refractivity contribution in [2.24, 2.45) is 0 Å². The van der Waals surface area contributed by atoms with Crippen LogP contribution in [0.25, 0.3) is 0 Å². The summed E-state index contributed by atoms with van der Waals surface area (Å²) in [6, 6.07) is 20.4. The van der Waals surface area contributed by atoms with Gasteiger partial charge in [-0.25, -0.2) is 0 Å². The van der Waals surface area contributed by atoms with E-state index in [9.17, 15) is 4.79 Å². The van der Waals surface area contributed by atoms with E-state index >= 15 is 0 Å². The van der Waals surface area contributed by atoms with Gasteiger partial charge in [-0.05, 0) is 42.0 Å². The maximum absolute atomic E-state index is 11.9. The van der Waals surface area contributed by atoms with E-state index in [-0.39, 0.29) is 10.9 Å². The predicted molar refractivity (Wildman–Crippen MR) is 99.6 cm³/mol. The quantitative estimate of drug-likeness (QED) is 0.680. The second kappa shape index (κ2) is 8.12. The highest BCUT2D eigenvalue weighted by Gasteiger charge is 2.11. The summed E-state index contributed by atoms with van der Waals surface area (Å²) in [5, 5.41) is 5.70. The summed E-state index contributed by atoms with van der Waals surface area (Å²) in [7, 11) is 0. The molecule has 2 aromatic carbocycles. The Morgan fingerprint density at radius 3 is 2.52 bits per heavy atom. The van der Waals surface area contributed by atoms with Crippen LogP contribution in [0.4, 0.5) is 5.69 Å². The summed E-state index contributed by atoms with van der Waals surface area (Å²) >= 11 is 5.18. The molecule has 0 saturated heterocycles. The molecule has 0 radical (unpaired) electrons. The lowest BCUT2D eigenvalue weighted by atomic mass is 10.2. The highest BCUT2D eigenvalue weighted by Crippen LogP contribution is 2.24. The maximum atomic E-state index is 11.9. The van der Waals surface area contributed by atoms with E-state index in [1.165, 1.54) is 6.26 Å². The number of carbonyl (C=O) groups is 1. The van der Waals surface area contributed by atoms with E-state index in [1.807, 2.05) is 54.6 Å². The third kappa shape index (κ3) is 4.68. The Morgan fingerprint density at radius 1 is 1.00 bits per heavy atom. The van der Waals surface area contributed by atoms with Crippen LogP contribution in [0.3, 0.4) is 0 Å². The van der Waals surface area contributed by atoms with E-state index < -0.39 is 5.91 Å². The lowest BCUT2D eigenvalue weighted by Crippen LogP contribution is -2.34. The van der Waals surface area contributed by atoms with E-state index in [0.29, 0.717) is 18.0 Å². The Kier molecular flexibility index (Phi) is 5.43. The summed E-state index contributed by atoms with van der Waals surface area (Å²) in [5.41, 5.74) is 1.73. The zero-order chi connectivity index (χ0) is 17.5. The highest BCUT2D eigenvalue weighted by molar-refractivity contribution is 7.80. The van der Waals surface area contributed by atoms with Crippen molar-refractivity contribution < 1.29 is 13.9 Å². The van der Waals surface area contributed by atoms with Gasteiger partial charge in [-0.3, -0.25) is 10.1 Å². The summed E-state index contributed by atoms with van der Waals surface area (Å²) in [5.74, 6) is 0.420. The minimum Gasteiger partial charge on any atom is -0.487 e. The summed E-state index contributed by atoms with van der Waals surface area (Å²) in [6.07, 6.45) is 1.43. The predicted octanol–water partition coefficient (Wildman–Crippen LogP) is 3.99. The molecule has 0 aliphatic heterocycles. The fraction of sp³-hybridized carbons (Fsp3) is 0.0526. The first-order chi connectivity index (χ1) is 12.2. The van der Waals surface area contributed by atoms with Crippen LogP contribution in [0.5, 0.6) is 5.75 Å². The number of rotatable bonds is 5. The molecule has 0 fully saturated rings. The number of ether oxygens (including phenoxy) is 1. The molecular weight excluding hydrogens is 336 g/mol. The van der Waals surface area contributed by atoms with E-state index in [2.05, 4.69) is 10.6 Å². The topological polar surface area (TPSA) is 63.5 Å². The summed E-state index contributed by atoms with van der Waals surface area (Å²) in [6.45, 7) is 0.436. The molecule has 3 aromatic rings. The van der Waals surface area contributed by atoms with Gasteiger partial charge in [0.2, 0.25) is 0 Å². The van der Waals surface area contributed by atoms with Crippen molar-refractivity contribution >= 4 is 28.9 Å². The molecule has 0 unspecified atom stereocenters. The molecule has 0 atom stereocenters. The Labute approximate surface area is 150 Å². The van der Waals surface area contributed by atoms with Gasteiger partial charge in [-0.1, -0.05) is 42.5 Å². The fourth-order valence-electron chi connectivity index (χ4n) is 2.16. The Hall–Kier alpha value is -3.12. The van der Waals surface area contributed by atoms with Gasteiger partial charge in [0, 0.05) is 0 Å². The normalized spacial score (nSPS) is 10.1. The van der Waals surface area contributed by atoms with Crippen LogP contribution in [-0.4, -0.2) is 11.0 Å². The first kappa shape index (κ1) is 16.7. The Balaban J connectivity index is 1.62. The van der Waals surface area contributed by atoms with Crippen LogP contribution < -0.4 is 15.4 Å². The number of nitrogens with one attached hydrogen (secondary N) is 2. The van der Waals surface area contributed by atoms with Crippen molar-refractivity contribution in [3.05, 3.63) is 84.3 Å². The molecule has 1 aromatic heterocycles. The molecule has 1 heterocycles. The van der Waals surface area contributed by atoms with Gasteiger partial charge in [-0.2, -0.15) is 0 Å².